The molecule has 8 nitrogen and oxygen atoms in total. The number of H-pyrrole nitrogens is 1. The highest BCUT2D eigenvalue weighted by molar-refractivity contribution is 5.94. The van der Waals surface area contributed by atoms with Crippen molar-refractivity contribution in [3.63, 3.8) is 0 Å². The summed E-state index contributed by atoms with van der Waals surface area (Å²) >= 11 is 0. The van der Waals surface area contributed by atoms with E-state index in [1.165, 1.54) is 25.4 Å². The van der Waals surface area contributed by atoms with E-state index >= 15 is 0 Å². The lowest BCUT2D eigenvalue weighted by molar-refractivity contribution is -0.114. The molecule has 19 heavy (non-hydrogen) atoms. The van der Waals surface area contributed by atoms with Crippen LogP contribution in [-0.4, -0.2) is 31.9 Å². The number of carbonyl (C=O) groups is 2. The second-order valence-electron chi connectivity index (χ2n) is 3.78. The van der Waals surface area contributed by atoms with Gasteiger partial charge in [0.05, 0.1) is 11.9 Å². The predicted octanol–water partition coefficient (Wildman–Crippen LogP) is 0.710. The first-order chi connectivity index (χ1) is 8.97. The number of aromatic amines is 1. The van der Waals surface area contributed by atoms with Gasteiger partial charge in [-0.25, -0.2) is 14.8 Å². The summed E-state index contributed by atoms with van der Waals surface area (Å²) in [5, 5.41) is 11.4. The summed E-state index contributed by atoms with van der Waals surface area (Å²) in [6, 6.07) is 1.40. The van der Waals surface area contributed by atoms with Gasteiger partial charge in [-0.3, -0.25) is 4.79 Å². The third-order valence-electron chi connectivity index (χ3n) is 2.30. The van der Waals surface area contributed by atoms with Crippen molar-refractivity contribution in [2.75, 3.05) is 11.1 Å². The molecule has 0 aliphatic carbocycles. The van der Waals surface area contributed by atoms with Crippen LogP contribution in [0.2, 0.25) is 0 Å². The van der Waals surface area contributed by atoms with E-state index in [0.29, 0.717) is 16.9 Å². The maximum atomic E-state index is 11.1. The molecule has 0 aliphatic rings. The average Bonchev–Trinajstić information content (AvgIpc) is 2.80. The van der Waals surface area contributed by atoms with Crippen molar-refractivity contribution >= 4 is 23.5 Å². The third-order valence-corrected chi connectivity index (χ3v) is 2.30. The number of nitrogens with zero attached hydrogens (tertiary/aromatic N) is 2. The summed E-state index contributed by atoms with van der Waals surface area (Å²) in [6.07, 6.45) is 2.84. The number of rotatable bonds is 3. The first-order valence-corrected chi connectivity index (χ1v) is 5.29. The van der Waals surface area contributed by atoms with E-state index < -0.39 is 5.97 Å². The van der Waals surface area contributed by atoms with Crippen LogP contribution in [-0.2, 0) is 4.79 Å². The molecule has 0 aromatic carbocycles. The lowest BCUT2D eigenvalue weighted by Crippen LogP contribution is -2.09. The Kier molecular flexibility index (Phi) is 3.15. The fraction of sp³-hybridized carbons (Fsp3) is 0.0909. The second-order valence-corrected chi connectivity index (χ2v) is 3.78. The van der Waals surface area contributed by atoms with E-state index in [2.05, 4.69) is 20.3 Å². The molecule has 98 valence electrons. The molecule has 0 radical (unpaired) electrons. The van der Waals surface area contributed by atoms with Gasteiger partial charge in [0.25, 0.3) is 0 Å². The van der Waals surface area contributed by atoms with E-state index in [4.69, 9.17) is 10.8 Å². The molecule has 2 aromatic heterocycles. The maximum absolute atomic E-state index is 11.1. The highest BCUT2D eigenvalue weighted by atomic mass is 16.4. The van der Waals surface area contributed by atoms with Crippen LogP contribution in [0.25, 0.3) is 11.3 Å². The van der Waals surface area contributed by atoms with E-state index in [1.54, 1.807) is 0 Å². The molecular formula is C11H11N5O3. The molecule has 2 heterocycles. The van der Waals surface area contributed by atoms with E-state index in [9.17, 15) is 9.59 Å². The number of amides is 1. The minimum atomic E-state index is -1.09. The maximum Gasteiger partial charge on any atom is 0.352 e. The first-order valence-electron chi connectivity index (χ1n) is 5.29. The molecule has 0 fully saturated rings. The number of aromatic carboxylic acids is 1. The molecule has 0 aliphatic heterocycles. The summed E-state index contributed by atoms with van der Waals surface area (Å²) in [4.78, 5) is 32.3. The highest BCUT2D eigenvalue weighted by Gasteiger charge is 2.13. The summed E-state index contributed by atoms with van der Waals surface area (Å²) in [5.41, 5.74) is 6.72. The number of nitrogen functional groups attached to an aromatic ring is 1. The Bertz CT molecular complexity index is 650. The van der Waals surface area contributed by atoms with Crippen molar-refractivity contribution in [3.8, 4) is 11.3 Å². The molecule has 2 aromatic rings. The van der Waals surface area contributed by atoms with Crippen LogP contribution in [0, 0.1) is 0 Å². The zero-order chi connectivity index (χ0) is 14.0. The summed E-state index contributed by atoms with van der Waals surface area (Å²) in [7, 11) is 0. The molecule has 0 atom stereocenters. The van der Waals surface area contributed by atoms with Gasteiger partial charge in [0.15, 0.2) is 0 Å². The Hall–Kier alpha value is -2.90. The van der Waals surface area contributed by atoms with Crippen molar-refractivity contribution in [2.24, 2.45) is 0 Å². The van der Waals surface area contributed by atoms with E-state index in [1.807, 2.05) is 0 Å². The first kappa shape index (κ1) is 12.6. The molecule has 0 bridgehead atoms. The Labute approximate surface area is 107 Å². The normalized spacial score (nSPS) is 10.2. The van der Waals surface area contributed by atoms with Crippen LogP contribution >= 0.6 is 0 Å². The Morgan fingerprint density at radius 1 is 1.47 bits per heavy atom. The van der Waals surface area contributed by atoms with Crippen molar-refractivity contribution in [2.45, 2.75) is 6.92 Å². The zero-order valence-corrected chi connectivity index (χ0v) is 9.97. The molecule has 0 unspecified atom stereocenters. The van der Waals surface area contributed by atoms with Gasteiger partial charge in [-0.1, -0.05) is 0 Å². The highest BCUT2D eigenvalue weighted by Crippen LogP contribution is 2.26. The predicted molar refractivity (Wildman–Crippen MR) is 67.5 cm³/mol. The van der Waals surface area contributed by atoms with Crippen LogP contribution in [0.5, 0.6) is 0 Å². The molecule has 0 saturated heterocycles. The van der Waals surface area contributed by atoms with Crippen LogP contribution in [0.3, 0.4) is 0 Å². The van der Waals surface area contributed by atoms with Crippen molar-refractivity contribution in [1.29, 1.82) is 0 Å². The van der Waals surface area contributed by atoms with Crippen molar-refractivity contribution < 1.29 is 14.7 Å². The summed E-state index contributed by atoms with van der Waals surface area (Å²) in [5.74, 6) is -1.35. The molecule has 0 spiro atoms. The number of carboxylic acids is 1. The summed E-state index contributed by atoms with van der Waals surface area (Å²) in [6.45, 7) is 1.35. The number of carbonyl (C=O) groups excluding carboxylic acids is 1. The number of anilines is 2. The molecule has 8 heteroatoms. The van der Waals surface area contributed by atoms with Gasteiger partial charge in [-0.15, -0.1) is 0 Å². The molecule has 5 N–H and O–H groups in total. The van der Waals surface area contributed by atoms with Crippen molar-refractivity contribution in [1.82, 2.24) is 15.0 Å². The number of nitrogens with one attached hydrogen (secondary N) is 2. The fourth-order valence-corrected chi connectivity index (χ4v) is 1.55. The zero-order valence-electron chi connectivity index (χ0n) is 9.97. The monoisotopic (exact) mass is 261 g/mol. The van der Waals surface area contributed by atoms with E-state index in [-0.39, 0.29) is 17.5 Å². The number of hydrogen-bond donors (Lipinski definition) is 4. The smallest absolute Gasteiger partial charge is 0.352 e. The van der Waals surface area contributed by atoms with Gasteiger partial charge in [-0.05, 0) is 6.07 Å². The largest absolute Gasteiger partial charge is 0.477 e. The number of nitrogens with two attached hydrogens (primary N) is 1. The topological polar surface area (TPSA) is 134 Å². The Balaban J connectivity index is 2.49. The van der Waals surface area contributed by atoms with Crippen LogP contribution in [0.4, 0.5) is 11.6 Å². The van der Waals surface area contributed by atoms with Crippen LogP contribution in [0.1, 0.15) is 17.4 Å². The fourth-order valence-electron chi connectivity index (χ4n) is 1.55. The van der Waals surface area contributed by atoms with Crippen LogP contribution in [0.15, 0.2) is 18.5 Å². The third kappa shape index (κ3) is 2.68. The van der Waals surface area contributed by atoms with Gasteiger partial charge in [0.1, 0.15) is 11.4 Å². The minimum absolute atomic E-state index is 0.0148. The Morgan fingerprint density at radius 3 is 2.79 bits per heavy atom. The number of carboxylic acid groups (broad SMARTS) is 1. The lowest BCUT2D eigenvalue weighted by Gasteiger charge is -2.07. The minimum Gasteiger partial charge on any atom is -0.477 e. The lowest BCUT2D eigenvalue weighted by atomic mass is 10.2. The standard InChI is InChI=1S/C11H11N5O3/c1-5(17)15-8-4-14-11(12)16-9(8)6-2-7(10(18)19)13-3-6/h2-4,13H,1H3,(H,15,17)(H,18,19)(H2,12,14,16). The van der Waals surface area contributed by atoms with E-state index in [0.717, 1.165) is 0 Å². The second kappa shape index (κ2) is 4.77. The summed E-state index contributed by atoms with van der Waals surface area (Å²) < 4.78 is 0. The van der Waals surface area contributed by atoms with Crippen molar-refractivity contribution in [3.05, 3.63) is 24.2 Å². The Morgan fingerprint density at radius 2 is 2.21 bits per heavy atom. The van der Waals surface area contributed by atoms with Gasteiger partial charge >= 0.3 is 5.97 Å². The molecule has 2 rings (SSSR count). The van der Waals surface area contributed by atoms with Gasteiger partial charge in [0.2, 0.25) is 11.9 Å². The number of hydrogen-bond acceptors (Lipinski definition) is 5. The quantitative estimate of drug-likeness (QED) is 0.642. The van der Waals surface area contributed by atoms with Gasteiger partial charge < -0.3 is 21.1 Å². The van der Waals surface area contributed by atoms with Gasteiger partial charge in [0, 0.05) is 18.7 Å². The molecule has 0 saturated carbocycles. The SMILES string of the molecule is CC(=O)Nc1cnc(N)nc1-c1c[nH]c(C(=O)O)c1. The van der Waals surface area contributed by atoms with Gasteiger partial charge in [-0.2, -0.15) is 0 Å². The molecule has 1 amide bonds. The number of aromatic nitrogens is 3. The average molecular weight is 261 g/mol. The van der Waals surface area contributed by atoms with Crippen LogP contribution < -0.4 is 11.1 Å². The molecular weight excluding hydrogens is 250 g/mol.